The Labute approximate surface area is 176 Å². The summed E-state index contributed by atoms with van der Waals surface area (Å²) in [6.45, 7) is -0.648. The molecule has 1 aliphatic rings. The molecule has 1 aromatic heterocycles. The molecule has 2 amide bonds. The maximum Gasteiger partial charge on any atom is 0.326 e. The number of carbonyl (C=O) groups excluding carboxylic acids is 3. The minimum atomic E-state index is -0.804. The van der Waals surface area contributed by atoms with Gasteiger partial charge in [-0.2, -0.15) is 0 Å². The van der Waals surface area contributed by atoms with Crippen molar-refractivity contribution in [3.63, 3.8) is 0 Å². The van der Waals surface area contributed by atoms with Gasteiger partial charge in [-0.25, -0.2) is 0 Å². The Balaban J connectivity index is 1.32. The highest BCUT2D eigenvalue weighted by Gasteiger charge is 2.36. The topological polar surface area (TPSA) is 103 Å². The second-order valence-electron chi connectivity index (χ2n) is 6.75. The van der Waals surface area contributed by atoms with Crippen LogP contribution in [-0.4, -0.2) is 29.2 Å². The molecule has 0 spiro atoms. The first-order valence-corrected chi connectivity index (χ1v) is 9.42. The second-order valence-corrected chi connectivity index (χ2v) is 6.75. The van der Waals surface area contributed by atoms with Gasteiger partial charge in [0.2, 0.25) is 11.2 Å². The number of fused-ring (bicyclic) bond motifs is 1. The Hall–Kier alpha value is -4.20. The van der Waals surface area contributed by atoms with Crippen molar-refractivity contribution in [2.24, 2.45) is 0 Å². The minimum Gasteiger partial charge on any atom is -0.482 e. The molecule has 0 atom stereocenters. The number of esters is 1. The highest BCUT2D eigenvalue weighted by Crippen LogP contribution is 2.22. The molecule has 8 nitrogen and oxygen atoms in total. The zero-order valence-corrected chi connectivity index (χ0v) is 16.3. The predicted molar refractivity (Wildman–Crippen MR) is 107 cm³/mol. The quantitative estimate of drug-likeness (QED) is 0.428. The molecule has 8 heteroatoms. The summed E-state index contributed by atoms with van der Waals surface area (Å²) in [5, 5.41) is 0. The number of hydrogen-bond donors (Lipinski definition) is 0. The van der Waals surface area contributed by atoms with Crippen molar-refractivity contribution in [1.82, 2.24) is 4.90 Å². The van der Waals surface area contributed by atoms with E-state index in [1.54, 1.807) is 12.1 Å². The number of rotatable bonds is 7. The Bertz CT molecular complexity index is 1160. The van der Waals surface area contributed by atoms with E-state index in [1.807, 2.05) is 30.3 Å². The zero-order chi connectivity index (χ0) is 21.8. The lowest BCUT2D eigenvalue weighted by molar-refractivity contribution is -0.145. The first-order chi connectivity index (χ1) is 15.0. The summed E-state index contributed by atoms with van der Waals surface area (Å²) in [7, 11) is 0. The van der Waals surface area contributed by atoms with Crippen molar-refractivity contribution in [3.05, 3.63) is 99.6 Å². The van der Waals surface area contributed by atoms with E-state index in [0.717, 1.165) is 22.8 Å². The summed E-state index contributed by atoms with van der Waals surface area (Å²) in [6.07, 6.45) is 1.15. The number of carbonyl (C=O) groups is 3. The number of amides is 2. The van der Waals surface area contributed by atoms with Gasteiger partial charge in [0.15, 0.2) is 0 Å². The monoisotopic (exact) mass is 419 g/mol. The van der Waals surface area contributed by atoms with Crippen LogP contribution in [0.15, 0.2) is 76.1 Å². The second kappa shape index (κ2) is 8.66. The van der Waals surface area contributed by atoms with Gasteiger partial charge >= 0.3 is 5.97 Å². The molecule has 0 radical (unpaired) electrons. The fraction of sp³-hybridized carbons (Fsp3) is 0.130. The first kappa shape index (κ1) is 20.1. The highest BCUT2D eigenvalue weighted by molar-refractivity contribution is 6.22. The molecular formula is C23H17NO7. The summed E-state index contributed by atoms with van der Waals surface area (Å²) in [5.74, 6) is -1.77. The normalized spacial score (nSPS) is 12.6. The van der Waals surface area contributed by atoms with E-state index in [-0.39, 0.29) is 35.9 Å². The Morgan fingerprint density at radius 1 is 0.871 bits per heavy atom. The van der Waals surface area contributed by atoms with Crippen LogP contribution in [0.1, 0.15) is 32.0 Å². The third kappa shape index (κ3) is 4.37. The van der Waals surface area contributed by atoms with Crippen LogP contribution in [0, 0.1) is 0 Å². The SMILES string of the molecule is O=C(CN1C(=O)c2ccccc2C1=O)OCc1cc(=O)c(OCc2ccccc2)co1. The fourth-order valence-corrected chi connectivity index (χ4v) is 3.06. The minimum absolute atomic E-state index is 0.0324. The van der Waals surface area contributed by atoms with Gasteiger partial charge in [-0.3, -0.25) is 24.1 Å². The van der Waals surface area contributed by atoms with E-state index in [1.165, 1.54) is 12.1 Å². The van der Waals surface area contributed by atoms with Gasteiger partial charge in [0.05, 0.1) is 11.1 Å². The summed E-state index contributed by atoms with van der Waals surface area (Å²) >= 11 is 0. The molecule has 0 saturated carbocycles. The van der Waals surface area contributed by atoms with Crippen LogP contribution >= 0.6 is 0 Å². The van der Waals surface area contributed by atoms with Crippen LogP contribution in [0.25, 0.3) is 0 Å². The van der Waals surface area contributed by atoms with E-state index < -0.39 is 29.8 Å². The van der Waals surface area contributed by atoms with Gasteiger partial charge in [-0.15, -0.1) is 0 Å². The summed E-state index contributed by atoms with van der Waals surface area (Å²) < 4.78 is 15.8. The molecule has 2 heterocycles. The molecule has 0 unspecified atom stereocenters. The maximum atomic E-state index is 12.3. The van der Waals surface area contributed by atoms with Crippen LogP contribution in [0.4, 0.5) is 0 Å². The summed E-state index contributed by atoms with van der Waals surface area (Å²) in [6, 6.07) is 16.8. The molecule has 0 bridgehead atoms. The summed E-state index contributed by atoms with van der Waals surface area (Å²) in [4.78, 5) is 49.7. The van der Waals surface area contributed by atoms with Gasteiger partial charge in [-0.05, 0) is 17.7 Å². The Morgan fingerprint density at radius 2 is 1.52 bits per heavy atom. The number of nitrogens with zero attached hydrogens (tertiary/aromatic N) is 1. The molecule has 4 rings (SSSR count). The molecule has 0 saturated heterocycles. The van der Waals surface area contributed by atoms with E-state index in [9.17, 15) is 19.2 Å². The van der Waals surface area contributed by atoms with Gasteiger partial charge < -0.3 is 13.9 Å². The molecule has 0 fully saturated rings. The average molecular weight is 419 g/mol. The van der Waals surface area contributed by atoms with Crippen LogP contribution < -0.4 is 10.2 Å². The maximum absolute atomic E-state index is 12.3. The van der Waals surface area contributed by atoms with E-state index in [4.69, 9.17) is 13.9 Å². The summed E-state index contributed by atoms with van der Waals surface area (Å²) in [5.41, 5.74) is 0.969. The third-order valence-corrected chi connectivity index (χ3v) is 4.63. The highest BCUT2D eigenvalue weighted by atomic mass is 16.5. The largest absolute Gasteiger partial charge is 0.482 e. The van der Waals surface area contributed by atoms with Crippen molar-refractivity contribution in [3.8, 4) is 5.75 Å². The fourth-order valence-electron chi connectivity index (χ4n) is 3.06. The molecule has 156 valence electrons. The Kier molecular flexibility index (Phi) is 5.61. The van der Waals surface area contributed by atoms with Crippen molar-refractivity contribution >= 4 is 17.8 Å². The van der Waals surface area contributed by atoms with Gasteiger partial charge in [-0.1, -0.05) is 42.5 Å². The van der Waals surface area contributed by atoms with Gasteiger partial charge in [0.25, 0.3) is 11.8 Å². The average Bonchev–Trinajstić information content (AvgIpc) is 3.03. The molecule has 0 aliphatic carbocycles. The van der Waals surface area contributed by atoms with Crippen LogP contribution in [0.5, 0.6) is 5.75 Å². The smallest absolute Gasteiger partial charge is 0.326 e. The van der Waals surface area contributed by atoms with Crippen LogP contribution in [0.3, 0.4) is 0 Å². The van der Waals surface area contributed by atoms with Crippen LogP contribution in [-0.2, 0) is 22.7 Å². The predicted octanol–water partition coefficient (Wildman–Crippen LogP) is 2.56. The molecule has 0 N–H and O–H groups in total. The standard InChI is InChI=1S/C23H17NO7/c25-19-10-16(29-14-20(19)30-12-15-6-2-1-3-7-15)13-31-21(26)11-24-22(27)17-8-4-5-9-18(17)23(24)28/h1-10,14H,11-13H2. The lowest BCUT2D eigenvalue weighted by atomic mass is 10.1. The molecule has 1 aliphatic heterocycles. The number of ether oxygens (including phenoxy) is 2. The van der Waals surface area contributed by atoms with Gasteiger partial charge in [0.1, 0.15) is 31.8 Å². The third-order valence-electron chi connectivity index (χ3n) is 4.63. The van der Waals surface area contributed by atoms with Crippen molar-refractivity contribution in [2.45, 2.75) is 13.2 Å². The zero-order valence-electron chi connectivity index (χ0n) is 16.3. The molecule has 31 heavy (non-hydrogen) atoms. The van der Waals surface area contributed by atoms with Crippen LogP contribution in [0.2, 0.25) is 0 Å². The van der Waals surface area contributed by atoms with Crippen molar-refractivity contribution in [2.75, 3.05) is 6.54 Å². The molecule has 3 aromatic rings. The number of benzene rings is 2. The number of hydrogen-bond acceptors (Lipinski definition) is 7. The van der Waals surface area contributed by atoms with E-state index >= 15 is 0 Å². The first-order valence-electron chi connectivity index (χ1n) is 9.42. The lowest BCUT2D eigenvalue weighted by Crippen LogP contribution is -2.35. The van der Waals surface area contributed by atoms with E-state index in [0.29, 0.717) is 0 Å². The van der Waals surface area contributed by atoms with Gasteiger partial charge in [0, 0.05) is 6.07 Å². The number of imide groups is 1. The Morgan fingerprint density at radius 3 is 2.16 bits per heavy atom. The van der Waals surface area contributed by atoms with Crippen molar-refractivity contribution < 1.29 is 28.3 Å². The lowest BCUT2D eigenvalue weighted by Gasteiger charge is -2.13. The molecular weight excluding hydrogens is 402 g/mol. The van der Waals surface area contributed by atoms with E-state index in [2.05, 4.69) is 0 Å². The molecule has 2 aromatic carbocycles. The van der Waals surface area contributed by atoms with Crippen molar-refractivity contribution in [1.29, 1.82) is 0 Å².